The van der Waals surface area contributed by atoms with Gasteiger partial charge in [0.25, 0.3) is 5.91 Å². The van der Waals surface area contributed by atoms with Crippen molar-refractivity contribution in [3.05, 3.63) is 101 Å². The molecule has 0 atom stereocenters. The number of nitrogens with zero attached hydrogens (tertiary/aromatic N) is 4. The van der Waals surface area contributed by atoms with Crippen molar-refractivity contribution in [2.24, 2.45) is 0 Å². The summed E-state index contributed by atoms with van der Waals surface area (Å²) in [7, 11) is 5.34. The zero-order valence-electron chi connectivity index (χ0n) is 23.4. The van der Waals surface area contributed by atoms with Crippen LogP contribution in [0.3, 0.4) is 0 Å². The Bertz CT molecular complexity index is 1400. The largest absolute Gasteiger partial charge is 0.493 e. The number of aryl methyl sites for hydroxylation is 1. The molecule has 1 amide bonds. The fraction of sp³-hybridized carbons (Fsp3) is 0.290. The van der Waals surface area contributed by atoms with E-state index in [1.165, 1.54) is 5.56 Å². The smallest absolute Gasteiger partial charge is 0.251 e. The predicted molar refractivity (Wildman–Crippen MR) is 159 cm³/mol. The lowest BCUT2D eigenvalue weighted by atomic mass is 10.1. The van der Waals surface area contributed by atoms with Gasteiger partial charge in [0.2, 0.25) is 0 Å². The highest BCUT2D eigenvalue weighted by atomic mass is 32.2. The van der Waals surface area contributed by atoms with Gasteiger partial charge < -0.3 is 19.7 Å². The van der Waals surface area contributed by atoms with E-state index >= 15 is 0 Å². The maximum atomic E-state index is 12.5. The molecule has 4 rings (SSSR count). The predicted octanol–water partition coefficient (Wildman–Crippen LogP) is 5.35. The molecule has 0 bridgehead atoms. The number of methoxy groups -OCH3 is 2. The van der Waals surface area contributed by atoms with Crippen LogP contribution in [-0.4, -0.2) is 48.7 Å². The molecule has 40 heavy (non-hydrogen) atoms. The molecule has 0 saturated carbocycles. The molecule has 0 aliphatic rings. The van der Waals surface area contributed by atoms with E-state index in [1.54, 1.807) is 38.4 Å². The van der Waals surface area contributed by atoms with Gasteiger partial charge >= 0.3 is 0 Å². The quantitative estimate of drug-likeness (QED) is 0.174. The number of benzene rings is 2. The summed E-state index contributed by atoms with van der Waals surface area (Å²) >= 11 is 1.59. The molecule has 2 aromatic heterocycles. The van der Waals surface area contributed by atoms with Crippen molar-refractivity contribution >= 4 is 23.5 Å². The van der Waals surface area contributed by atoms with Gasteiger partial charge in [0.15, 0.2) is 16.7 Å². The third kappa shape index (κ3) is 7.95. The maximum absolute atomic E-state index is 12.5. The van der Waals surface area contributed by atoms with Crippen molar-refractivity contribution < 1.29 is 14.3 Å². The third-order valence-electron chi connectivity index (χ3n) is 6.47. The summed E-state index contributed by atoms with van der Waals surface area (Å²) in [6, 6.07) is 19.5. The second-order valence-electron chi connectivity index (χ2n) is 9.24. The van der Waals surface area contributed by atoms with Crippen LogP contribution >= 0.6 is 11.8 Å². The van der Waals surface area contributed by atoms with Crippen LogP contribution in [0, 0.1) is 0 Å². The van der Waals surface area contributed by atoms with Gasteiger partial charge in [0.1, 0.15) is 5.82 Å². The molecule has 0 unspecified atom stereocenters. The Hall–Kier alpha value is -4.11. The van der Waals surface area contributed by atoms with Gasteiger partial charge in [-0.25, -0.2) is 9.97 Å². The molecule has 2 aromatic carbocycles. The number of aromatic nitrogens is 3. The van der Waals surface area contributed by atoms with Crippen molar-refractivity contribution in [1.82, 2.24) is 20.3 Å². The SMILES string of the molecule is CCc1cc(N(C)CCc2ccc(OC)c(OC)c2)nc(SCc2ccc(C(=O)NCc3ccncc3)cc2)n1. The van der Waals surface area contributed by atoms with E-state index in [0.29, 0.717) is 17.9 Å². The van der Waals surface area contributed by atoms with Gasteiger partial charge in [-0.1, -0.05) is 36.9 Å². The standard InChI is InChI=1S/C31H35N5O3S/c1-5-26-19-29(36(2)17-14-22-8-11-27(38-3)28(18-22)39-4)35-31(34-26)40-21-24-6-9-25(10-7-24)30(37)33-20-23-12-15-32-16-13-23/h6-13,15-16,18-19H,5,14,17,20-21H2,1-4H3,(H,33,37). The highest BCUT2D eigenvalue weighted by Crippen LogP contribution is 2.28. The van der Waals surface area contributed by atoms with E-state index in [2.05, 4.69) is 41.3 Å². The van der Waals surface area contributed by atoms with Crippen molar-refractivity contribution in [2.75, 3.05) is 32.7 Å². The highest BCUT2D eigenvalue weighted by molar-refractivity contribution is 7.98. The van der Waals surface area contributed by atoms with E-state index in [-0.39, 0.29) is 5.91 Å². The van der Waals surface area contributed by atoms with Gasteiger partial charge in [-0.3, -0.25) is 9.78 Å². The summed E-state index contributed by atoms with van der Waals surface area (Å²) in [5.74, 6) is 2.96. The Morgan fingerprint density at radius 3 is 2.33 bits per heavy atom. The molecule has 0 spiro atoms. The number of carbonyl (C=O) groups excluding carboxylic acids is 1. The maximum Gasteiger partial charge on any atom is 0.251 e. The molecule has 0 radical (unpaired) electrons. The first-order chi connectivity index (χ1) is 19.5. The Balaban J connectivity index is 1.34. The zero-order chi connectivity index (χ0) is 28.3. The summed E-state index contributed by atoms with van der Waals surface area (Å²) in [6.45, 7) is 3.36. The minimum absolute atomic E-state index is 0.101. The number of nitrogens with one attached hydrogen (secondary N) is 1. The van der Waals surface area contributed by atoms with E-state index in [0.717, 1.165) is 58.7 Å². The molecule has 208 valence electrons. The number of likely N-dealkylation sites (N-methyl/N-ethyl adjacent to an activating group) is 1. The van der Waals surface area contributed by atoms with Gasteiger partial charge in [0.05, 0.1) is 14.2 Å². The van der Waals surface area contributed by atoms with Crippen LogP contribution in [0.2, 0.25) is 0 Å². The Kier molecular flexibility index (Phi) is 10.3. The van der Waals surface area contributed by atoms with Crippen molar-refractivity contribution in [1.29, 1.82) is 0 Å². The van der Waals surface area contributed by atoms with E-state index < -0.39 is 0 Å². The second-order valence-corrected chi connectivity index (χ2v) is 10.2. The molecule has 0 aliphatic heterocycles. The zero-order valence-corrected chi connectivity index (χ0v) is 24.2. The van der Waals surface area contributed by atoms with Crippen LogP contribution in [0.25, 0.3) is 0 Å². The van der Waals surface area contributed by atoms with Crippen LogP contribution in [-0.2, 0) is 25.1 Å². The lowest BCUT2D eigenvalue weighted by molar-refractivity contribution is 0.0951. The molecular weight excluding hydrogens is 522 g/mol. The van der Waals surface area contributed by atoms with Crippen LogP contribution in [0.1, 0.15) is 39.7 Å². The second kappa shape index (κ2) is 14.3. The number of anilines is 1. The fourth-order valence-corrected chi connectivity index (χ4v) is 4.86. The molecule has 0 aliphatic carbocycles. The number of carbonyl (C=O) groups is 1. The average Bonchev–Trinajstić information content (AvgIpc) is 3.01. The van der Waals surface area contributed by atoms with Crippen LogP contribution < -0.4 is 19.7 Å². The minimum atomic E-state index is -0.101. The minimum Gasteiger partial charge on any atom is -0.493 e. The Morgan fingerprint density at radius 1 is 0.900 bits per heavy atom. The van der Waals surface area contributed by atoms with E-state index in [4.69, 9.17) is 19.4 Å². The highest BCUT2D eigenvalue weighted by Gasteiger charge is 2.11. The normalized spacial score (nSPS) is 10.7. The van der Waals surface area contributed by atoms with Gasteiger partial charge in [0, 0.05) is 55.6 Å². The summed E-state index contributed by atoms with van der Waals surface area (Å²) in [6.07, 6.45) is 5.10. The first-order valence-corrected chi connectivity index (χ1v) is 14.2. The molecule has 8 nitrogen and oxygen atoms in total. The molecule has 0 saturated heterocycles. The monoisotopic (exact) mass is 557 g/mol. The number of amides is 1. The lowest BCUT2D eigenvalue weighted by Gasteiger charge is -2.20. The third-order valence-corrected chi connectivity index (χ3v) is 7.39. The van der Waals surface area contributed by atoms with Crippen LogP contribution in [0.5, 0.6) is 11.5 Å². The van der Waals surface area contributed by atoms with Crippen LogP contribution in [0.15, 0.2) is 78.2 Å². The lowest BCUT2D eigenvalue weighted by Crippen LogP contribution is -2.22. The molecule has 4 aromatic rings. The Labute approximate surface area is 240 Å². The van der Waals surface area contributed by atoms with E-state index in [9.17, 15) is 4.79 Å². The molecule has 1 N–H and O–H groups in total. The number of thioether (sulfide) groups is 1. The Morgan fingerprint density at radius 2 is 1.62 bits per heavy atom. The van der Waals surface area contributed by atoms with Crippen molar-refractivity contribution in [3.63, 3.8) is 0 Å². The van der Waals surface area contributed by atoms with Gasteiger partial charge in [-0.15, -0.1) is 0 Å². The van der Waals surface area contributed by atoms with Crippen molar-refractivity contribution in [2.45, 2.75) is 37.2 Å². The fourth-order valence-electron chi connectivity index (χ4n) is 4.03. The number of hydrogen-bond donors (Lipinski definition) is 1. The number of rotatable bonds is 13. The van der Waals surface area contributed by atoms with Crippen molar-refractivity contribution in [3.8, 4) is 11.5 Å². The number of ether oxygens (including phenoxy) is 2. The topological polar surface area (TPSA) is 89.5 Å². The summed E-state index contributed by atoms with van der Waals surface area (Å²) in [5, 5.41) is 3.69. The summed E-state index contributed by atoms with van der Waals surface area (Å²) in [4.78, 5) is 28.2. The summed E-state index contributed by atoms with van der Waals surface area (Å²) in [5.41, 5.74) is 4.91. The number of pyridine rings is 1. The average molecular weight is 558 g/mol. The molecule has 9 heteroatoms. The summed E-state index contributed by atoms with van der Waals surface area (Å²) < 4.78 is 10.8. The molecule has 0 fully saturated rings. The molecule has 2 heterocycles. The first kappa shape index (κ1) is 28.9. The molecular formula is C31H35N5O3S. The van der Waals surface area contributed by atoms with Gasteiger partial charge in [-0.2, -0.15) is 0 Å². The van der Waals surface area contributed by atoms with Crippen LogP contribution in [0.4, 0.5) is 5.82 Å². The number of hydrogen-bond acceptors (Lipinski definition) is 8. The van der Waals surface area contributed by atoms with Gasteiger partial charge in [-0.05, 0) is 65.9 Å². The first-order valence-electron chi connectivity index (χ1n) is 13.2. The van der Waals surface area contributed by atoms with E-state index in [1.807, 2.05) is 48.5 Å².